The summed E-state index contributed by atoms with van der Waals surface area (Å²) in [4.78, 5) is 4.29. The lowest BCUT2D eigenvalue weighted by Gasteiger charge is -2.61. The van der Waals surface area contributed by atoms with Crippen LogP contribution in [0.5, 0.6) is 17.2 Å². The molecule has 1 heterocycles. The number of benzene rings is 1. The summed E-state index contributed by atoms with van der Waals surface area (Å²) in [6.07, 6.45) is 4.77. The molecule has 0 aromatic heterocycles. The van der Waals surface area contributed by atoms with Crippen LogP contribution in [0.3, 0.4) is 0 Å². The van der Waals surface area contributed by atoms with Crippen LogP contribution in [-0.2, 0) is 11.3 Å². The summed E-state index contributed by atoms with van der Waals surface area (Å²) in [6.45, 7) is 0.151. The molecule has 2 N–H and O–H groups in total. The molecule has 9 heteroatoms. The van der Waals surface area contributed by atoms with Crippen molar-refractivity contribution in [1.82, 2.24) is 10.6 Å². The molecule has 0 saturated heterocycles. The number of nitrogens with one attached hydrogen (secondary N) is 2. The monoisotopic (exact) mass is 411 g/mol. The maximum Gasteiger partial charge on any atom is 0.387 e. The third-order valence-electron chi connectivity index (χ3n) is 6.19. The molecule has 7 nitrogen and oxygen atoms in total. The largest absolute Gasteiger partial charge is 0.454 e. The first-order valence-electron chi connectivity index (χ1n) is 10.0. The van der Waals surface area contributed by atoms with Crippen molar-refractivity contribution in [2.75, 3.05) is 20.4 Å². The molecular formula is C20H27F2N3O4. The number of guanidine groups is 1. The lowest BCUT2D eigenvalue weighted by Crippen LogP contribution is -2.68. The molecule has 1 aromatic carbocycles. The average molecular weight is 411 g/mol. The zero-order valence-electron chi connectivity index (χ0n) is 16.7. The van der Waals surface area contributed by atoms with Crippen molar-refractivity contribution >= 4 is 5.96 Å². The Kier molecular flexibility index (Phi) is 5.67. The van der Waals surface area contributed by atoms with E-state index in [1.807, 2.05) is 6.92 Å². The second kappa shape index (κ2) is 8.22. The van der Waals surface area contributed by atoms with Crippen LogP contribution in [0, 0.1) is 5.41 Å². The van der Waals surface area contributed by atoms with Gasteiger partial charge in [0.1, 0.15) is 5.75 Å². The Bertz CT molecular complexity index is 770. The maximum absolute atomic E-state index is 12.8. The third-order valence-corrected chi connectivity index (χ3v) is 6.19. The molecular weight excluding hydrogens is 384 g/mol. The van der Waals surface area contributed by atoms with Gasteiger partial charge in [-0.15, -0.1) is 0 Å². The van der Waals surface area contributed by atoms with Gasteiger partial charge in [-0.25, -0.2) is 0 Å². The molecule has 1 spiro atoms. The van der Waals surface area contributed by atoms with Crippen molar-refractivity contribution in [2.24, 2.45) is 10.4 Å². The lowest BCUT2D eigenvalue weighted by atomic mass is 9.51. The van der Waals surface area contributed by atoms with Crippen molar-refractivity contribution in [2.45, 2.75) is 57.9 Å². The first kappa shape index (κ1) is 20.0. The summed E-state index contributed by atoms with van der Waals surface area (Å²) < 4.78 is 46.8. The molecule has 4 rings (SSSR count). The van der Waals surface area contributed by atoms with Gasteiger partial charge in [-0.05, 0) is 32.3 Å². The van der Waals surface area contributed by atoms with Crippen molar-refractivity contribution in [3.63, 3.8) is 0 Å². The van der Waals surface area contributed by atoms with E-state index in [0.717, 1.165) is 25.9 Å². The highest BCUT2D eigenvalue weighted by molar-refractivity contribution is 5.80. The van der Waals surface area contributed by atoms with Crippen LogP contribution in [0.4, 0.5) is 8.78 Å². The molecule has 160 valence electrons. The van der Waals surface area contributed by atoms with E-state index in [2.05, 4.69) is 20.4 Å². The molecule has 1 aromatic rings. The van der Waals surface area contributed by atoms with E-state index < -0.39 is 6.61 Å². The van der Waals surface area contributed by atoms with Crippen molar-refractivity contribution in [3.8, 4) is 17.2 Å². The fraction of sp³-hybridized carbons (Fsp3) is 0.650. The van der Waals surface area contributed by atoms with Gasteiger partial charge in [0.25, 0.3) is 0 Å². The maximum atomic E-state index is 12.8. The number of fused-ring (bicyclic) bond motifs is 1. The first-order valence-corrected chi connectivity index (χ1v) is 10.0. The number of halogens is 2. The molecule has 2 unspecified atom stereocenters. The van der Waals surface area contributed by atoms with E-state index in [0.29, 0.717) is 35.2 Å². The Morgan fingerprint density at radius 2 is 2.07 bits per heavy atom. The molecule has 2 saturated carbocycles. The Morgan fingerprint density at radius 1 is 1.31 bits per heavy atom. The summed E-state index contributed by atoms with van der Waals surface area (Å²) in [5.74, 6) is 1.59. The Morgan fingerprint density at radius 3 is 2.69 bits per heavy atom. The van der Waals surface area contributed by atoms with Crippen molar-refractivity contribution in [3.05, 3.63) is 17.7 Å². The average Bonchev–Trinajstić information content (AvgIpc) is 3.08. The first-order chi connectivity index (χ1) is 14.1. The van der Waals surface area contributed by atoms with Crippen LogP contribution in [0.1, 0.15) is 38.2 Å². The number of nitrogens with zero attached hydrogens (tertiary/aromatic N) is 1. The minimum absolute atomic E-state index is 0.0581. The number of hydrogen-bond donors (Lipinski definition) is 2. The van der Waals surface area contributed by atoms with E-state index in [1.165, 1.54) is 12.5 Å². The normalized spacial score (nSPS) is 24.2. The summed E-state index contributed by atoms with van der Waals surface area (Å²) >= 11 is 0. The van der Waals surface area contributed by atoms with Gasteiger partial charge in [-0.2, -0.15) is 8.78 Å². The number of alkyl halides is 2. The van der Waals surface area contributed by atoms with Crippen LogP contribution in [-0.4, -0.2) is 45.2 Å². The van der Waals surface area contributed by atoms with Gasteiger partial charge in [0, 0.05) is 43.3 Å². The fourth-order valence-electron chi connectivity index (χ4n) is 4.49. The van der Waals surface area contributed by atoms with E-state index in [1.54, 1.807) is 13.1 Å². The second-order valence-electron chi connectivity index (χ2n) is 7.58. The van der Waals surface area contributed by atoms with Gasteiger partial charge < -0.3 is 29.6 Å². The summed E-state index contributed by atoms with van der Waals surface area (Å²) in [5, 5.41) is 6.68. The SMILES string of the molecule is CCOC1CC(NC(=NC)NCc2cc3c(cc2OC(F)F)OCO3)C12CCC2. The summed E-state index contributed by atoms with van der Waals surface area (Å²) in [6, 6.07) is 3.39. The molecule has 2 fully saturated rings. The molecule has 1 aliphatic heterocycles. The zero-order valence-corrected chi connectivity index (χ0v) is 16.7. The van der Waals surface area contributed by atoms with Gasteiger partial charge in [0.05, 0.1) is 6.10 Å². The predicted octanol–water partition coefficient (Wildman–Crippen LogP) is 3.03. The van der Waals surface area contributed by atoms with Crippen molar-refractivity contribution in [1.29, 1.82) is 0 Å². The molecule has 2 aliphatic carbocycles. The number of rotatable bonds is 7. The quantitative estimate of drug-likeness (QED) is 0.531. The van der Waals surface area contributed by atoms with E-state index in [4.69, 9.17) is 14.2 Å². The topological polar surface area (TPSA) is 73.3 Å². The molecule has 0 radical (unpaired) electrons. The zero-order chi connectivity index (χ0) is 20.4. The highest BCUT2D eigenvalue weighted by Crippen LogP contribution is 2.57. The Balaban J connectivity index is 1.40. The second-order valence-corrected chi connectivity index (χ2v) is 7.58. The Labute approximate surface area is 168 Å². The predicted molar refractivity (Wildman–Crippen MR) is 103 cm³/mol. The summed E-state index contributed by atoms with van der Waals surface area (Å²) in [7, 11) is 1.69. The standard InChI is InChI=1S/C20H27F2N3O4/c1-3-26-17-9-16(20(17)5-4-6-20)25-19(23-2)24-10-12-7-14-15(28-11-27-14)8-13(12)29-18(21)22/h7-8,16-18H,3-6,9-11H2,1-2H3,(H2,23,24,25). The van der Waals surface area contributed by atoms with Crippen LogP contribution in [0.15, 0.2) is 17.1 Å². The number of ether oxygens (including phenoxy) is 4. The smallest absolute Gasteiger partial charge is 0.387 e. The van der Waals surface area contributed by atoms with Gasteiger partial charge in [0.15, 0.2) is 17.5 Å². The Hall–Kier alpha value is -2.29. The van der Waals surface area contributed by atoms with Gasteiger partial charge in [-0.3, -0.25) is 4.99 Å². The van der Waals surface area contributed by atoms with Gasteiger partial charge in [0.2, 0.25) is 6.79 Å². The number of hydrogen-bond acceptors (Lipinski definition) is 5. The minimum atomic E-state index is -2.92. The van der Waals surface area contributed by atoms with E-state index >= 15 is 0 Å². The summed E-state index contributed by atoms with van der Waals surface area (Å²) in [5.41, 5.74) is 0.729. The lowest BCUT2D eigenvalue weighted by molar-refractivity contribution is -0.168. The fourth-order valence-corrected chi connectivity index (χ4v) is 4.49. The van der Waals surface area contributed by atoms with E-state index in [-0.39, 0.29) is 24.5 Å². The molecule has 3 aliphatic rings. The molecule has 29 heavy (non-hydrogen) atoms. The highest BCUT2D eigenvalue weighted by atomic mass is 19.3. The van der Waals surface area contributed by atoms with Gasteiger partial charge >= 0.3 is 6.61 Å². The molecule has 0 amide bonds. The van der Waals surface area contributed by atoms with Crippen LogP contribution in [0.25, 0.3) is 0 Å². The van der Waals surface area contributed by atoms with Gasteiger partial charge in [-0.1, -0.05) is 6.42 Å². The molecule has 2 atom stereocenters. The minimum Gasteiger partial charge on any atom is -0.454 e. The van der Waals surface area contributed by atoms with E-state index in [9.17, 15) is 8.78 Å². The van der Waals surface area contributed by atoms with Crippen LogP contribution >= 0.6 is 0 Å². The van der Waals surface area contributed by atoms with Crippen LogP contribution < -0.4 is 24.8 Å². The van der Waals surface area contributed by atoms with Crippen molar-refractivity contribution < 1.29 is 27.7 Å². The third kappa shape index (κ3) is 3.80. The van der Waals surface area contributed by atoms with Crippen LogP contribution in [0.2, 0.25) is 0 Å². The molecule has 0 bridgehead atoms. The number of aliphatic imine (C=N–C) groups is 1. The highest BCUT2D eigenvalue weighted by Gasteiger charge is 2.59.